The second-order valence-electron chi connectivity index (χ2n) is 7.10. The van der Waals surface area contributed by atoms with E-state index in [0.29, 0.717) is 11.5 Å². The van der Waals surface area contributed by atoms with Crippen molar-refractivity contribution in [3.05, 3.63) is 80.1 Å². The van der Waals surface area contributed by atoms with E-state index in [-0.39, 0.29) is 52.0 Å². The van der Waals surface area contributed by atoms with E-state index in [1.54, 1.807) is 24.3 Å². The number of carbonyl (C=O) groups excluding carboxylic acids is 3. The van der Waals surface area contributed by atoms with Gasteiger partial charge < -0.3 is 15.2 Å². The molecule has 2 aromatic carbocycles. The standard InChI is InChI=1S/C22H14ClN3O6/c23-13-4-2-1-3-10(13)19(28)11-7-15-16(32-6-5-31-15)9-14(11)26-17(27)8-12-18(20(26)24)22(30)25-21(12)29/h1-4,7-9H,5-6,24H2,(H,25,29,30). The Hall–Kier alpha value is -4.11. The number of aromatic nitrogens is 1. The largest absolute Gasteiger partial charge is 0.486 e. The number of nitrogens with two attached hydrogens (primary N) is 1. The Morgan fingerprint density at radius 1 is 0.969 bits per heavy atom. The summed E-state index contributed by atoms with van der Waals surface area (Å²) in [5, 5.41) is 2.33. The molecule has 32 heavy (non-hydrogen) atoms. The Bertz CT molecular complexity index is 1410. The molecule has 1 aromatic heterocycles. The first-order chi connectivity index (χ1) is 15.4. The SMILES string of the molecule is Nc1c2c(cc(=O)n1-c1cc3c(cc1C(=O)c1ccccc1Cl)OCCO3)C(=O)NC2=O. The highest BCUT2D eigenvalue weighted by molar-refractivity contribution is 6.35. The third-order valence-corrected chi connectivity index (χ3v) is 5.55. The van der Waals surface area contributed by atoms with Crippen molar-refractivity contribution in [3.63, 3.8) is 0 Å². The number of fused-ring (bicyclic) bond motifs is 2. The first-order valence-corrected chi connectivity index (χ1v) is 9.89. The summed E-state index contributed by atoms with van der Waals surface area (Å²) in [5.74, 6) is -1.59. The van der Waals surface area contributed by atoms with Crippen LogP contribution in [0.15, 0.2) is 47.3 Å². The van der Waals surface area contributed by atoms with Crippen molar-refractivity contribution in [1.82, 2.24) is 9.88 Å². The predicted octanol–water partition coefficient (Wildman–Crippen LogP) is 1.96. The van der Waals surface area contributed by atoms with Gasteiger partial charge in [0.2, 0.25) is 0 Å². The molecule has 9 nitrogen and oxygen atoms in total. The number of imide groups is 1. The van der Waals surface area contributed by atoms with Crippen molar-refractivity contribution in [3.8, 4) is 17.2 Å². The fourth-order valence-electron chi connectivity index (χ4n) is 3.76. The maximum atomic E-state index is 13.4. The summed E-state index contributed by atoms with van der Waals surface area (Å²) in [6.07, 6.45) is 0. The minimum atomic E-state index is -0.729. The quantitative estimate of drug-likeness (QED) is 0.460. The van der Waals surface area contributed by atoms with E-state index in [9.17, 15) is 19.2 Å². The molecular formula is C22H14ClN3O6. The van der Waals surface area contributed by atoms with Crippen molar-refractivity contribution in [1.29, 1.82) is 0 Å². The lowest BCUT2D eigenvalue weighted by molar-refractivity contribution is 0.0879. The Kier molecular flexibility index (Phi) is 4.49. The van der Waals surface area contributed by atoms with Gasteiger partial charge in [0, 0.05) is 17.7 Å². The second-order valence-corrected chi connectivity index (χ2v) is 7.50. The molecule has 3 aromatic rings. The van der Waals surface area contributed by atoms with Gasteiger partial charge in [-0.15, -0.1) is 0 Å². The van der Waals surface area contributed by atoms with E-state index in [1.807, 2.05) is 0 Å². The second kappa shape index (κ2) is 7.24. The average molecular weight is 452 g/mol. The molecule has 160 valence electrons. The van der Waals surface area contributed by atoms with Crippen LogP contribution in [0.3, 0.4) is 0 Å². The van der Waals surface area contributed by atoms with Crippen molar-refractivity contribution < 1.29 is 23.9 Å². The fourth-order valence-corrected chi connectivity index (χ4v) is 3.98. The summed E-state index contributed by atoms with van der Waals surface area (Å²) in [4.78, 5) is 50.7. The molecule has 0 spiro atoms. The molecule has 0 saturated carbocycles. The first kappa shape index (κ1) is 19.8. The van der Waals surface area contributed by atoms with E-state index in [2.05, 4.69) is 5.32 Å². The van der Waals surface area contributed by atoms with Gasteiger partial charge in [0.1, 0.15) is 19.0 Å². The van der Waals surface area contributed by atoms with E-state index in [4.69, 9.17) is 26.8 Å². The van der Waals surface area contributed by atoms with Gasteiger partial charge in [-0.05, 0) is 18.2 Å². The number of carbonyl (C=O) groups is 3. The molecule has 0 atom stereocenters. The van der Waals surface area contributed by atoms with Crippen molar-refractivity contribution in [2.24, 2.45) is 0 Å². The van der Waals surface area contributed by atoms with Gasteiger partial charge in [-0.25, -0.2) is 0 Å². The lowest BCUT2D eigenvalue weighted by atomic mass is 10.00. The highest BCUT2D eigenvalue weighted by Crippen LogP contribution is 2.37. The zero-order valence-electron chi connectivity index (χ0n) is 16.3. The minimum Gasteiger partial charge on any atom is -0.486 e. The first-order valence-electron chi connectivity index (χ1n) is 9.51. The number of hydrogen-bond donors (Lipinski definition) is 2. The molecule has 0 radical (unpaired) electrons. The number of anilines is 1. The van der Waals surface area contributed by atoms with Gasteiger partial charge in [0.15, 0.2) is 17.3 Å². The van der Waals surface area contributed by atoms with Gasteiger partial charge in [-0.2, -0.15) is 0 Å². The van der Waals surface area contributed by atoms with Crippen LogP contribution in [0.2, 0.25) is 5.02 Å². The molecule has 0 unspecified atom stereocenters. The summed E-state index contributed by atoms with van der Waals surface area (Å²) in [6, 6.07) is 10.3. The fraction of sp³-hybridized carbons (Fsp3) is 0.0909. The molecule has 0 saturated heterocycles. The number of benzene rings is 2. The molecule has 2 aliphatic rings. The molecular weight excluding hydrogens is 438 g/mol. The van der Waals surface area contributed by atoms with Crippen molar-refractivity contribution in [2.75, 3.05) is 18.9 Å². The van der Waals surface area contributed by atoms with E-state index >= 15 is 0 Å². The third-order valence-electron chi connectivity index (χ3n) is 5.22. The Balaban J connectivity index is 1.80. The van der Waals surface area contributed by atoms with Crippen LogP contribution >= 0.6 is 11.6 Å². The maximum Gasteiger partial charge on any atom is 0.262 e. The number of pyridine rings is 1. The Labute approximate surface area is 185 Å². The topological polar surface area (TPSA) is 130 Å². The van der Waals surface area contributed by atoms with E-state index in [1.165, 1.54) is 12.1 Å². The maximum absolute atomic E-state index is 13.4. The number of ketones is 1. The van der Waals surface area contributed by atoms with Crippen LogP contribution < -0.4 is 26.1 Å². The highest BCUT2D eigenvalue weighted by Gasteiger charge is 2.33. The van der Waals surface area contributed by atoms with Gasteiger partial charge in [-0.3, -0.25) is 29.1 Å². The van der Waals surface area contributed by atoms with Crippen LogP contribution in [-0.2, 0) is 0 Å². The molecule has 0 aliphatic carbocycles. The zero-order chi connectivity index (χ0) is 22.6. The number of halogens is 1. The van der Waals surface area contributed by atoms with Crippen LogP contribution in [0.25, 0.3) is 5.69 Å². The van der Waals surface area contributed by atoms with Crippen LogP contribution in [0.1, 0.15) is 36.6 Å². The van der Waals surface area contributed by atoms with E-state index < -0.39 is 23.2 Å². The van der Waals surface area contributed by atoms with Gasteiger partial charge in [0.05, 0.1) is 27.4 Å². The predicted molar refractivity (Wildman–Crippen MR) is 114 cm³/mol. The molecule has 10 heteroatoms. The van der Waals surface area contributed by atoms with Gasteiger partial charge in [-0.1, -0.05) is 23.7 Å². The monoisotopic (exact) mass is 451 g/mol. The summed E-state index contributed by atoms with van der Waals surface area (Å²) >= 11 is 6.22. The lowest BCUT2D eigenvalue weighted by Crippen LogP contribution is -2.26. The number of rotatable bonds is 3. The Morgan fingerprint density at radius 2 is 1.66 bits per heavy atom. The smallest absolute Gasteiger partial charge is 0.262 e. The summed E-state index contributed by atoms with van der Waals surface area (Å²) in [5.41, 5.74) is 5.54. The van der Waals surface area contributed by atoms with Crippen LogP contribution in [-0.4, -0.2) is 35.4 Å². The molecule has 5 rings (SSSR count). The molecule has 3 N–H and O–H groups in total. The summed E-state index contributed by atoms with van der Waals surface area (Å²) in [7, 11) is 0. The minimum absolute atomic E-state index is 0.0563. The lowest BCUT2D eigenvalue weighted by Gasteiger charge is -2.22. The average Bonchev–Trinajstić information content (AvgIpc) is 3.06. The highest BCUT2D eigenvalue weighted by atomic mass is 35.5. The zero-order valence-corrected chi connectivity index (χ0v) is 17.1. The number of nitrogens with zero attached hydrogens (tertiary/aromatic N) is 1. The van der Waals surface area contributed by atoms with Crippen LogP contribution in [0.5, 0.6) is 11.5 Å². The van der Waals surface area contributed by atoms with Gasteiger partial charge >= 0.3 is 0 Å². The number of nitrogen functional groups attached to an aromatic ring is 1. The number of hydrogen-bond acceptors (Lipinski definition) is 7. The van der Waals surface area contributed by atoms with Crippen molar-refractivity contribution >= 4 is 35.0 Å². The normalized spacial score (nSPS) is 14.2. The molecule has 0 fully saturated rings. The number of ether oxygens (including phenoxy) is 2. The molecule has 2 aliphatic heterocycles. The van der Waals surface area contributed by atoms with E-state index in [0.717, 1.165) is 10.6 Å². The number of amides is 2. The Morgan fingerprint density at radius 3 is 2.38 bits per heavy atom. The van der Waals surface area contributed by atoms with Gasteiger partial charge in [0.25, 0.3) is 17.4 Å². The molecule has 3 heterocycles. The van der Waals surface area contributed by atoms with Crippen molar-refractivity contribution in [2.45, 2.75) is 0 Å². The summed E-state index contributed by atoms with van der Waals surface area (Å²) in [6.45, 7) is 0.561. The third kappa shape index (κ3) is 2.94. The van der Waals surface area contributed by atoms with Crippen LogP contribution in [0.4, 0.5) is 5.82 Å². The van der Waals surface area contributed by atoms with Crippen LogP contribution in [0, 0.1) is 0 Å². The molecule has 2 amide bonds. The number of nitrogens with one attached hydrogen (secondary N) is 1. The summed E-state index contributed by atoms with van der Waals surface area (Å²) < 4.78 is 12.2. The molecule has 0 bridgehead atoms.